The number of methoxy groups -OCH3 is 1. The van der Waals surface area contributed by atoms with Crippen molar-refractivity contribution in [1.29, 1.82) is 0 Å². The quantitative estimate of drug-likeness (QED) is 0.477. The summed E-state index contributed by atoms with van der Waals surface area (Å²) in [5.41, 5.74) is 3.25. The molecule has 0 atom stereocenters. The molecule has 0 bridgehead atoms. The minimum absolute atomic E-state index is 0.102. The van der Waals surface area contributed by atoms with E-state index in [1.807, 2.05) is 42.5 Å². The van der Waals surface area contributed by atoms with Crippen molar-refractivity contribution in [3.63, 3.8) is 0 Å². The number of fused-ring (bicyclic) bond motifs is 1. The molecule has 0 saturated carbocycles. The molecule has 1 aliphatic heterocycles. The van der Waals surface area contributed by atoms with E-state index in [-0.39, 0.29) is 10.6 Å². The number of anilines is 1. The predicted octanol–water partition coefficient (Wildman–Crippen LogP) is 3.41. The summed E-state index contributed by atoms with van der Waals surface area (Å²) < 4.78 is 5.14. The molecular formula is C22H25N5O3. The van der Waals surface area contributed by atoms with Crippen molar-refractivity contribution in [3.8, 4) is 0 Å². The highest BCUT2D eigenvalue weighted by molar-refractivity contribution is 5.90. The first-order valence-electron chi connectivity index (χ1n) is 10.0. The van der Waals surface area contributed by atoms with Crippen molar-refractivity contribution < 1.29 is 9.66 Å². The lowest BCUT2D eigenvalue weighted by atomic mass is 10.1. The monoisotopic (exact) mass is 407 g/mol. The van der Waals surface area contributed by atoms with Crippen LogP contribution in [0.15, 0.2) is 42.5 Å². The van der Waals surface area contributed by atoms with E-state index in [4.69, 9.17) is 4.74 Å². The number of rotatable bonds is 7. The lowest BCUT2D eigenvalue weighted by Gasteiger charge is -2.35. The zero-order chi connectivity index (χ0) is 20.9. The Kier molecular flexibility index (Phi) is 6.06. The number of nitrogens with one attached hydrogen (secondary N) is 1. The van der Waals surface area contributed by atoms with Crippen LogP contribution < -0.4 is 4.90 Å². The van der Waals surface area contributed by atoms with Gasteiger partial charge in [0.25, 0.3) is 5.69 Å². The smallest absolute Gasteiger partial charge is 0.278 e. The lowest BCUT2D eigenvalue weighted by Crippen LogP contribution is -2.47. The van der Waals surface area contributed by atoms with Gasteiger partial charge < -0.3 is 9.64 Å². The van der Waals surface area contributed by atoms with Gasteiger partial charge in [-0.1, -0.05) is 18.2 Å². The van der Waals surface area contributed by atoms with E-state index >= 15 is 0 Å². The molecule has 4 rings (SSSR count). The predicted molar refractivity (Wildman–Crippen MR) is 119 cm³/mol. The molecule has 156 valence electrons. The minimum Gasteiger partial charge on any atom is -0.383 e. The van der Waals surface area contributed by atoms with E-state index in [0.717, 1.165) is 61.6 Å². The molecule has 2 aromatic carbocycles. The number of hydrogen-bond donors (Lipinski definition) is 1. The Bertz CT molecular complexity index is 1050. The fourth-order valence-corrected chi connectivity index (χ4v) is 3.76. The summed E-state index contributed by atoms with van der Waals surface area (Å²) in [5, 5.41) is 20.0. The maximum Gasteiger partial charge on any atom is 0.278 e. The number of aromatic amines is 1. The molecule has 1 N–H and O–H groups in total. The average molecular weight is 407 g/mol. The number of piperazine rings is 1. The maximum atomic E-state index is 11.7. The largest absolute Gasteiger partial charge is 0.383 e. The molecule has 8 nitrogen and oxygen atoms in total. The van der Waals surface area contributed by atoms with Crippen LogP contribution in [0.2, 0.25) is 0 Å². The van der Waals surface area contributed by atoms with Gasteiger partial charge in [0, 0.05) is 57.0 Å². The van der Waals surface area contributed by atoms with Gasteiger partial charge in [0.2, 0.25) is 0 Å². The summed E-state index contributed by atoms with van der Waals surface area (Å²) in [6.45, 7) is 5.16. The van der Waals surface area contributed by atoms with Gasteiger partial charge in [0.05, 0.1) is 28.3 Å². The van der Waals surface area contributed by atoms with Gasteiger partial charge in [-0.2, -0.15) is 5.10 Å². The molecule has 1 saturated heterocycles. The number of aromatic nitrogens is 2. The number of hydrogen-bond acceptors (Lipinski definition) is 6. The van der Waals surface area contributed by atoms with Crippen molar-refractivity contribution >= 4 is 34.4 Å². The van der Waals surface area contributed by atoms with Gasteiger partial charge in [0.1, 0.15) is 0 Å². The topological polar surface area (TPSA) is 87.5 Å². The molecule has 0 unspecified atom stereocenters. The number of para-hydroxylation sites is 1. The second kappa shape index (κ2) is 9.06. The Morgan fingerprint density at radius 3 is 2.73 bits per heavy atom. The molecular weight excluding hydrogens is 382 g/mol. The van der Waals surface area contributed by atoms with E-state index in [1.165, 1.54) is 0 Å². The highest BCUT2D eigenvalue weighted by Gasteiger charge is 2.20. The van der Waals surface area contributed by atoms with Gasteiger partial charge in [-0.25, -0.2) is 0 Å². The number of nitro groups is 1. The number of nitro benzene ring substituents is 1. The molecule has 1 aromatic heterocycles. The zero-order valence-electron chi connectivity index (χ0n) is 17.0. The van der Waals surface area contributed by atoms with Crippen molar-refractivity contribution in [2.45, 2.75) is 0 Å². The van der Waals surface area contributed by atoms with Crippen molar-refractivity contribution in [2.24, 2.45) is 0 Å². The van der Waals surface area contributed by atoms with Crippen LogP contribution >= 0.6 is 0 Å². The summed E-state index contributed by atoms with van der Waals surface area (Å²) in [5.74, 6) is 0. The molecule has 3 aromatic rings. The van der Waals surface area contributed by atoms with Crippen molar-refractivity contribution in [2.75, 3.05) is 51.3 Å². The Labute approximate surface area is 174 Å². The van der Waals surface area contributed by atoms with Crippen LogP contribution in [0.5, 0.6) is 0 Å². The van der Waals surface area contributed by atoms with E-state index in [0.29, 0.717) is 5.56 Å². The van der Waals surface area contributed by atoms with Crippen LogP contribution in [0.4, 0.5) is 11.4 Å². The van der Waals surface area contributed by atoms with Crippen LogP contribution in [-0.4, -0.2) is 66.5 Å². The fourth-order valence-electron chi connectivity index (χ4n) is 3.76. The summed E-state index contributed by atoms with van der Waals surface area (Å²) in [4.78, 5) is 15.9. The first-order valence-corrected chi connectivity index (χ1v) is 10.0. The van der Waals surface area contributed by atoms with E-state index in [9.17, 15) is 10.1 Å². The van der Waals surface area contributed by atoms with Gasteiger partial charge in [0.15, 0.2) is 0 Å². The van der Waals surface area contributed by atoms with Crippen LogP contribution in [0.25, 0.3) is 23.1 Å². The first-order chi connectivity index (χ1) is 14.7. The highest BCUT2D eigenvalue weighted by Crippen LogP contribution is 2.28. The van der Waals surface area contributed by atoms with Crippen LogP contribution in [0.3, 0.4) is 0 Å². The SMILES string of the molecule is COCCN1CCN(c2ccc(/C=C/c3n[nH]c4ccccc34)c([N+](=O)[O-])c2)CC1. The molecule has 0 amide bonds. The number of H-pyrrole nitrogens is 1. The van der Waals surface area contributed by atoms with Crippen LogP contribution in [0, 0.1) is 10.1 Å². The Morgan fingerprint density at radius 1 is 1.17 bits per heavy atom. The van der Waals surface area contributed by atoms with Gasteiger partial charge in [-0.15, -0.1) is 0 Å². The normalized spacial score (nSPS) is 15.3. The first kappa shape index (κ1) is 20.1. The molecule has 0 spiro atoms. The Hall–Kier alpha value is -3.23. The summed E-state index contributed by atoms with van der Waals surface area (Å²) in [6.07, 6.45) is 3.57. The summed E-state index contributed by atoms with van der Waals surface area (Å²) in [7, 11) is 1.71. The fraction of sp³-hybridized carbons (Fsp3) is 0.318. The molecule has 0 radical (unpaired) electrons. The molecule has 1 fully saturated rings. The zero-order valence-corrected chi connectivity index (χ0v) is 17.0. The van der Waals surface area contributed by atoms with Crippen molar-refractivity contribution in [3.05, 3.63) is 63.8 Å². The van der Waals surface area contributed by atoms with Crippen molar-refractivity contribution in [1.82, 2.24) is 15.1 Å². The second-order valence-electron chi connectivity index (χ2n) is 7.31. The molecule has 30 heavy (non-hydrogen) atoms. The lowest BCUT2D eigenvalue weighted by molar-refractivity contribution is -0.385. The Balaban J connectivity index is 1.52. The molecule has 8 heteroatoms. The molecule has 2 heterocycles. The van der Waals surface area contributed by atoms with Crippen LogP contribution in [0.1, 0.15) is 11.3 Å². The van der Waals surface area contributed by atoms with Gasteiger partial charge >= 0.3 is 0 Å². The highest BCUT2D eigenvalue weighted by atomic mass is 16.6. The number of nitrogens with zero attached hydrogens (tertiary/aromatic N) is 4. The van der Waals surface area contributed by atoms with E-state index in [1.54, 1.807) is 19.3 Å². The third-order valence-corrected chi connectivity index (χ3v) is 5.48. The molecule has 1 aliphatic rings. The third kappa shape index (κ3) is 4.34. The van der Waals surface area contributed by atoms with Gasteiger partial charge in [-0.3, -0.25) is 20.1 Å². The maximum absolute atomic E-state index is 11.7. The summed E-state index contributed by atoms with van der Waals surface area (Å²) >= 11 is 0. The Morgan fingerprint density at radius 2 is 1.97 bits per heavy atom. The van der Waals surface area contributed by atoms with E-state index < -0.39 is 0 Å². The molecule has 0 aliphatic carbocycles. The number of ether oxygens (including phenoxy) is 1. The second-order valence-corrected chi connectivity index (χ2v) is 7.31. The average Bonchev–Trinajstić information content (AvgIpc) is 3.19. The van der Waals surface area contributed by atoms with E-state index in [2.05, 4.69) is 20.0 Å². The minimum atomic E-state index is -0.319. The third-order valence-electron chi connectivity index (χ3n) is 5.48. The van der Waals surface area contributed by atoms with Crippen LogP contribution in [-0.2, 0) is 4.74 Å². The van der Waals surface area contributed by atoms with Gasteiger partial charge in [-0.05, 0) is 30.4 Å². The summed E-state index contributed by atoms with van der Waals surface area (Å²) in [6, 6.07) is 13.3. The standard InChI is InChI=1S/C22H25N5O3/c1-30-15-14-25-10-12-26(13-11-25)18-8-6-17(22(16-18)27(28)29)7-9-21-19-4-2-3-5-20(19)23-24-21/h2-9,16H,10-15H2,1H3,(H,23,24)/b9-7+. The number of benzene rings is 2.